The average molecular weight is 235 g/mol. The van der Waals surface area contributed by atoms with Crippen LogP contribution in [0.5, 0.6) is 5.75 Å². The topological polar surface area (TPSA) is 49.8 Å². The highest BCUT2D eigenvalue weighted by Gasteiger charge is 2.28. The Balaban J connectivity index is 1.73. The zero-order valence-electron chi connectivity index (χ0n) is 9.93. The van der Waals surface area contributed by atoms with E-state index in [1.54, 1.807) is 4.90 Å². The molecule has 0 radical (unpaired) electrons. The number of aliphatic hydroxyl groups is 1. The third-order valence-corrected chi connectivity index (χ3v) is 2.88. The predicted molar refractivity (Wildman–Crippen MR) is 63.9 cm³/mol. The Labute approximate surface area is 101 Å². The van der Waals surface area contributed by atoms with Gasteiger partial charge in [0.1, 0.15) is 5.75 Å². The number of ether oxygens (including phenoxy) is 1. The summed E-state index contributed by atoms with van der Waals surface area (Å²) in [4.78, 5) is 13.2. The van der Waals surface area contributed by atoms with E-state index in [1.165, 1.54) is 0 Å². The van der Waals surface area contributed by atoms with E-state index in [-0.39, 0.29) is 12.0 Å². The number of rotatable bonds is 4. The number of aliphatic hydroxyl groups excluding tert-OH is 1. The van der Waals surface area contributed by atoms with Gasteiger partial charge in [-0.05, 0) is 18.6 Å². The van der Waals surface area contributed by atoms with Crippen LogP contribution in [0.25, 0.3) is 0 Å². The third kappa shape index (κ3) is 2.97. The molecule has 92 valence electrons. The maximum absolute atomic E-state index is 11.6. The Morgan fingerprint density at radius 2 is 2.18 bits per heavy atom. The molecule has 1 heterocycles. The molecule has 0 unspecified atom stereocenters. The molecule has 1 aliphatic rings. The molecule has 0 bridgehead atoms. The van der Waals surface area contributed by atoms with E-state index in [0.717, 1.165) is 11.3 Å². The Bertz CT molecular complexity index is 399. The third-order valence-electron chi connectivity index (χ3n) is 2.88. The van der Waals surface area contributed by atoms with E-state index >= 15 is 0 Å². The van der Waals surface area contributed by atoms with Crippen molar-refractivity contribution in [3.63, 3.8) is 0 Å². The van der Waals surface area contributed by atoms with Crippen molar-refractivity contribution in [2.24, 2.45) is 0 Å². The number of amides is 1. The number of β-amino-alcohol motifs (C(OH)–C–C–N with tert-alkyl or cyclic N) is 1. The van der Waals surface area contributed by atoms with Crippen molar-refractivity contribution < 1.29 is 14.6 Å². The van der Waals surface area contributed by atoms with Crippen LogP contribution in [0.1, 0.15) is 12.0 Å². The van der Waals surface area contributed by atoms with Gasteiger partial charge in [-0.3, -0.25) is 4.79 Å². The zero-order chi connectivity index (χ0) is 12.3. The van der Waals surface area contributed by atoms with Crippen molar-refractivity contribution in [1.29, 1.82) is 0 Å². The quantitative estimate of drug-likeness (QED) is 0.846. The van der Waals surface area contributed by atoms with Crippen LogP contribution in [0.3, 0.4) is 0 Å². The first kappa shape index (κ1) is 11.9. The number of carbonyl (C=O) groups excluding carboxylic acids is 1. The van der Waals surface area contributed by atoms with Crippen LogP contribution in [0, 0.1) is 6.92 Å². The fraction of sp³-hybridized carbons (Fsp3) is 0.462. The van der Waals surface area contributed by atoms with Gasteiger partial charge in [0.15, 0.2) is 0 Å². The van der Waals surface area contributed by atoms with Gasteiger partial charge in [-0.2, -0.15) is 0 Å². The van der Waals surface area contributed by atoms with Gasteiger partial charge >= 0.3 is 0 Å². The standard InChI is InChI=1S/C13H17NO3/c1-10-4-2-3-5-12(10)17-7-6-13(16)14-8-11(15)9-14/h2-5,11,15H,6-9H2,1H3. The predicted octanol–water partition coefficient (Wildman–Crippen LogP) is 0.967. The summed E-state index contributed by atoms with van der Waals surface area (Å²) in [7, 11) is 0. The van der Waals surface area contributed by atoms with Gasteiger partial charge in [-0.15, -0.1) is 0 Å². The molecule has 1 amide bonds. The summed E-state index contributed by atoms with van der Waals surface area (Å²) in [5.74, 6) is 0.868. The molecule has 1 fully saturated rings. The smallest absolute Gasteiger partial charge is 0.226 e. The SMILES string of the molecule is Cc1ccccc1OCCC(=O)N1CC(O)C1. The Kier molecular flexibility index (Phi) is 3.64. The van der Waals surface area contributed by atoms with Crippen LogP contribution in [-0.2, 0) is 4.79 Å². The van der Waals surface area contributed by atoms with Crippen LogP contribution in [0.4, 0.5) is 0 Å². The Morgan fingerprint density at radius 3 is 2.82 bits per heavy atom. The molecule has 17 heavy (non-hydrogen) atoms. The van der Waals surface area contributed by atoms with E-state index in [0.29, 0.717) is 26.1 Å². The monoisotopic (exact) mass is 235 g/mol. The van der Waals surface area contributed by atoms with Gasteiger partial charge in [0.05, 0.1) is 19.1 Å². The highest BCUT2D eigenvalue weighted by atomic mass is 16.5. The second kappa shape index (κ2) is 5.19. The fourth-order valence-electron chi connectivity index (χ4n) is 1.78. The number of hydrogen-bond acceptors (Lipinski definition) is 3. The second-order valence-electron chi connectivity index (χ2n) is 4.32. The van der Waals surface area contributed by atoms with Crippen molar-refractivity contribution >= 4 is 5.91 Å². The van der Waals surface area contributed by atoms with Crippen LogP contribution in [-0.4, -0.2) is 41.7 Å². The highest BCUT2D eigenvalue weighted by molar-refractivity contribution is 5.77. The molecule has 1 saturated heterocycles. The summed E-state index contributed by atoms with van der Waals surface area (Å²) < 4.78 is 5.54. The molecule has 4 heteroatoms. The number of hydrogen-bond donors (Lipinski definition) is 1. The molecule has 1 aromatic carbocycles. The van der Waals surface area contributed by atoms with E-state index in [9.17, 15) is 4.79 Å². The molecule has 0 atom stereocenters. The number of carbonyl (C=O) groups is 1. The molecule has 1 N–H and O–H groups in total. The van der Waals surface area contributed by atoms with Crippen molar-refractivity contribution in [3.05, 3.63) is 29.8 Å². The van der Waals surface area contributed by atoms with Crippen LogP contribution in [0.2, 0.25) is 0 Å². The van der Waals surface area contributed by atoms with Gasteiger partial charge in [-0.1, -0.05) is 18.2 Å². The maximum Gasteiger partial charge on any atom is 0.226 e. The second-order valence-corrected chi connectivity index (χ2v) is 4.32. The first-order chi connectivity index (χ1) is 8.16. The van der Waals surface area contributed by atoms with E-state index in [2.05, 4.69) is 0 Å². The number of nitrogens with zero attached hydrogens (tertiary/aromatic N) is 1. The molecule has 0 spiro atoms. The van der Waals surface area contributed by atoms with E-state index < -0.39 is 0 Å². The number of aryl methyl sites for hydroxylation is 1. The van der Waals surface area contributed by atoms with Gasteiger partial charge < -0.3 is 14.7 Å². The summed E-state index contributed by atoms with van der Waals surface area (Å²) in [6.07, 6.45) is 0.0253. The molecule has 2 rings (SSSR count). The van der Waals surface area contributed by atoms with Crippen molar-refractivity contribution in [3.8, 4) is 5.75 Å². The summed E-state index contributed by atoms with van der Waals surface area (Å²) in [5.41, 5.74) is 1.07. The number of likely N-dealkylation sites (tertiary alicyclic amines) is 1. The summed E-state index contributed by atoms with van der Waals surface area (Å²) >= 11 is 0. The minimum Gasteiger partial charge on any atom is -0.493 e. The molecule has 1 aromatic rings. The fourth-order valence-corrected chi connectivity index (χ4v) is 1.78. The van der Waals surface area contributed by atoms with Crippen LogP contribution in [0.15, 0.2) is 24.3 Å². The van der Waals surface area contributed by atoms with Gasteiger partial charge in [0.2, 0.25) is 5.91 Å². The van der Waals surface area contributed by atoms with E-state index in [1.807, 2.05) is 31.2 Å². The van der Waals surface area contributed by atoms with Crippen molar-refractivity contribution in [2.75, 3.05) is 19.7 Å². The van der Waals surface area contributed by atoms with Crippen LogP contribution >= 0.6 is 0 Å². The lowest BCUT2D eigenvalue weighted by atomic mass is 10.1. The summed E-state index contributed by atoms with van der Waals surface area (Å²) in [6.45, 7) is 3.28. The van der Waals surface area contributed by atoms with Crippen molar-refractivity contribution in [1.82, 2.24) is 4.90 Å². The van der Waals surface area contributed by atoms with Gasteiger partial charge in [0, 0.05) is 13.1 Å². The lowest BCUT2D eigenvalue weighted by Crippen LogP contribution is -2.53. The Morgan fingerprint density at radius 1 is 1.47 bits per heavy atom. The first-order valence-electron chi connectivity index (χ1n) is 5.81. The summed E-state index contributed by atoms with van der Waals surface area (Å²) in [6, 6.07) is 7.74. The Hall–Kier alpha value is -1.55. The number of benzene rings is 1. The van der Waals surface area contributed by atoms with Crippen LogP contribution < -0.4 is 4.74 Å². The lowest BCUT2D eigenvalue weighted by Gasteiger charge is -2.35. The molecule has 0 aromatic heterocycles. The highest BCUT2D eigenvalue weighted by Crippen LogP contribution is 2.16. The minimum atomic E-state index is -0.337. The van der Waals surface area contributed by atoms with E-state index in [4.69, 9.17) is 9.84 Å². The zero-order valence-corrected chi connectivity index (χ0v) is 9.93. The first-order valence-corrected chi connectivity index (χ1v) is 5.81. The average Bonchev–Trinajstić information content (AvgIpc) is 2.27. The molecular weight excluding hydrogens is 218 g/mol. The molecule has 1 aliphatic heterocycles. The molecule has 4 nitrogen and oxygen atoms in total. The van der Waals surface area contributed by atoms with Gasteiger partial charge in [-0.25, -0.2) is 0 Å². The molecule has 0 aliphatic carbocycles. The summed E-state index contributed by atoms with van der Waals surface area (Å²) in [5, 5.41) is 9.08. The minimum absolute atomic E-state index is 0.0453. The number of para-hydroxylation sites is 1. The largest absolute Gasteiger partial charge is 0.493 e. The maximum atomic E-state index is 11.6. The lowest BCUT2D eigenvalue weighted by molar-refractivity contribution is -0.141. The van der Waals surface area contributed by atoms with Crippen molar-refractivity contribution in [2.45, 2.75) is 19.4 Å². The molecular formula is C13H17NO3. The van der Waals surface area contributed by atoms with Gasteiger partial charge in [0.25, 0.3) is 0 Å². The molecule has 0 saturated carbocycles. The normalized spacial score (nSPS) is 15.5.